The van der Waals surface area contributed by atoms with E-state index >= 15 is 0 Å². The Bertz CT molecular complexity index is 1010. The van der Waals surface area contributed by atoms with Crippen LogP contribution in [0.25, 0.3) is 0 Å². The summed E-state index contributed by atoms with van der Waals surface area (Å²) in [4.78, 5) is 18.8. The van der Waals surface area contributed by atoms with Crippen LogP contribution in [0.5, 0.6) is 5.75 Å². The van der Waals surface area contributed by atoms with Crippen molar-refractivity contribution >= 4 is 17.6 Å². The number of nitrogens with zero attached hydrogens (tertiary/aromatic N) is 2. The lowest BCUT2D eigenvalue weighted by Gasteiger charge is -2.38. The highest BCUT2D eigenvalue weighted by Gasteiger charge is 2.37. The van der Waals surface area contributed by atoms with Crippen molar-refractivity contribution in [1.29, 1.82) is 5.41 Å². The van der Waals surface area contributed by atoms with Gasteiger partial charge in [-0.2, -0.15) is 0 Å². The molecule has 1 saturated carbocycles. The highest BCUT2D eigenvalue weighted by Crippen LogP contribution is 2.40. The molecular weight excluding hydrogens is 373 g/mol. The molecule has 2 fully saturated rings. The lowest BCUT2D eigenvalue weighted by Crippen LogP contribution is -2.53. The maximum Gasteiger partial charge on any atom is 0.253 e. The first-order valence-electron chi connectivity index (χ1n) is 9.89. The first-order valence-corrected chi connectivity index (χ1v) is 9.89. The van der Waals surface area contributed by atoms with Gasteiger partial charge in [-0.3, -0.25) is 10.2 Å². The van der Waals surface area contributed by atoms with Gasteiger partial charge in [-0.25, -0.2) is 9.37 Å². The number of nitrogens with two attached hydrogens (primary N) is 1. The first kappa shape index (κ1) is 17.9. The fourth-order valence-corrected chi connectivity index (χ4v) is 4.38. The molecule has 150 valence electrons. The van der Waals surface area contributed by atoms with Crippen molar-refractivity contribution in [1.82, 2.24) is 15.2 Å². The highest BCUT2D eigenvalue weighted by molar-refractivity contribution is 6.03. The monoisotopic (exact) mass is 395 g/mol. The number of nitrogens with one attached hydrogen (secondary N) is 2. The molecule has 2 unspecified atom stereocenters. The minimum atomic E-state index is -0.336. The van der Waals surface area contributed by atoms with Crippen LogP contribution in [-0.2, 0) is 0 Å². The summed E-state index contributed by atoms with van der Waals surface area (Å²) >= 11 is 0. The molecule has 4 N–H and O–H groups in total. The number of rotatable bonds is 0. The third-order valence-electron chi connectivity index (χ3n) is 6.11. The molecule has 2 aliphatic heterocycles. The molecule has 8 heteroatoms. The fourth-order valence-electron chi connectivity index (χ4n) is 4.38. The number of halogens is 1. The molecule has 2 aromatic rings. The molecule has 5 rings (SSSR count). The number of nitrogen functional groups attached to an aromatic ring is 1. The number of carbonyl (C=O) groups is 1. The molecule has 1 aliphatic carbocycles. The van der Waals surface area contributed by atoms with Gasteiger partial charge in [0.1, 0.15) is 29.3 Å². The first-order chi connectivity index (χ1) is 14.0. The predicted molar refractivity (Wildman–Crippen MR) is 105 cm³/mol. The van der Waals surface area contributed by atoms with Crippen LogP contribution in [0.4, 0.5) is 10.2 Å². The van der Waals surface area contributed by atoms with Gasteiger partial charge in [-0.15, -0.1) is 0 Å². The summed E-state index contributed by atoms with van der Waals surface area (Å²) in [6, 6.07) is 5.83. The van der Waals surface area contributed by atoms with Crippen LogP contribution in [-0.4, -0.2) is 40.3 Å². The van der Waals surface area contributed by atoms with E-state index in [0.29, 0.717) is 23.4 Å². The van der Waals surface area contributed by atoms with Crippen molar-refractivity contribution in [2.24, 2.45) is 0 Å². The zero-order valence-electron chi connectivity index (χ0n) is 15.8. The number of benzene rings is 1. The van der Waals surface area contributed by atoms with Gasteiger partial charge in [0.2, 0.25) is 0 Å². The topological polar surface area (TPSA) is 104 Å². The van der Waals surface area contributed by atoms with Gasteiger partial charge >= 0.3 is 0 Å². The average Bonchev–Trinajstić information content (AvgIpc) is 3.19. The number of hydrogen-bond donors (Lipinski definition) is 3. The van der Waals surface area contributed by atoms with Gasteiger partial charge in [0.05, 0.1) is 23.2 Å². The number of carbonyl (C=O) groups excluding carboxylic acids is 1. The molecule has 1 aromatic carbocycles. The van der Waals surface area contributed by atoms with Gasteiger partial charge < -0.3 is 20.7 Å². The smallest absolute Gasteiger partial charge is 0.253 e. The summed E-state index contributed by atoms with van der Waals surface area (Å²) in [7, 11) is 0. The zero-order chi connectivity index (χ0) is 20.1. The second-order valence-corrected chi connectivity index (χ2v) is 7.85. The van der Waals surface area contributed by atoms with Crippen LogP contribution in [0.2, 0.25) is 0 Å². The van der Waals surface area contributed by atoms with E-state index in [9.17, 15) is 9.18 Å². The summed E-state index contributed by atoms with van der Waals surface area (Å²) in [6.45, 7) is 0.640. The molecule has 1 saturated heterocycles. The maximum atomic E-state index is 14.1. The maximum absolute atomic E-state index is 14.1. The van der Waals surface area contributed by atoms with E-state index in [1.54, 1.807) is 12.1 Å². The summed E-state index contributed by atoms with van der Waals surface area (Å²) in [5, 5.41) is 11.8. The minimum Gasteiger partial charge on any atom is -0.488 e. The Morgan fingerprint density at radius 3 is 2.93 bits per heavy atom. The van der Waals surface area contributed by atoms with E-state index in [1.165, 1.54) is 18.3 Å². The number of amides is 1. The molecule has 3 atom stereocenters. The number of fused-ring (bicyclic) bond motifs is 6. The van der Waals surface area contributed by atoms with Gasteiger partial charge in [-0.1, -0.05) is 0 Å². The number of ether oxygens (including phenoxy) is 1. The molecule has 2 bridgehead atoms. The fraction of sp³-hybridized carbons (Fsp3) is 0.381. The molecule has 0 spiro atoms. The SMILES string of the molecule is N=C1c2cc(cnc2N)C(=O)NC2CCC2Oc2ccc(F)cc2[C@H]2CCCN12. The van der Waals surface area contributed by atoms with Crippen LogP contribution in [0.15, 0.2) is 30.5 Å². The Balaban J connectivity index is 1.65. The summed E-state index contributed by atoms with van der Waals surface area (Å²) in [6.07, 6.45) is 4.54. The predicted octanol–water partition coefficient (Wildman–Crippen LogP) is 2.62. The van der Waals surface area contributed by atoms with Crippen molar-refractivity contribution < 1.29 is 13.9 Å². The van der Waals surface area contributed by atoms with Crippen molar-refractivity contribution in [3.8, 4) is 5.75 Å². The Kier molecular flexibility index (Phi) is 4.15. The van der Waals surface area contributed by atoms with Gasteiger partial charge in [-0.05, 0) is 49.9 Å². The molecule has 1 aromatic heterocycles. The van der Waals surface area contributed by atoms with Crippen molar-refractivity contribution in [2.75, 3.05) is 12.3 Å². The second-order valence-electron chi connectivity index (χ2n) is 7.85. The number of aromatic nitrogens is 1. The quantitative estimate of drug-likeness (QED) is 0.636. The average molecular weight is 395 g/mol. The van der Waals surface area contributed by atoms with Gasteiger partial charge in [0, 0.05) is 18.3 Å². The molecular formula is C21H22FN5O2. The summed E-state index contributed by atoms with van der Waals surface area (Å²) < 4.78 is 20.4. The Morgan fingerprint density at radius 2 is 2.14 bits per heavy atom. The van der Waals surface area contributed by atoms with Crippen LogP contribution in [0.1, 0.15) is 53.2 Å². The van der Waals surface area contributed by atoms with Crippen LogP contribution < -0.4 is 15.8 Å². The summed E-state index contributed by atoms with van der Waals surface area (Å²) in [5.41, 5.74) is 7.55. The van der Waals surface area contributed by atoms with E-state index in [1.807, 2.05) is 4.90 Å². The second kappa shape index (κ2) is 6.72. The van der Waals surface area contributed by atoms with Crippen LogP contribution in [0.3, 0.4) is 0 Å². The number of hydrogen-bond acceptors (Lipinski definition) is 5. The number of pyridine rings is 1. The number of amidine groups is 1. The van der Waals surface area contributed by atoms with E-state index in [4.69, 9.17) is 15.9 Å². The lowest BCUT2D eigenvalue weighted by atomic mass is 9.88. The largest absolute Gasteiger partial charge is 0.488 e. The third-order valence-corrected chi connectivity index (χ3v) is 6.11. The van der Waals surface area contributed by atoms with Gasteiger partial charge in [0.25, 0.3) is 5.91 Å². The standard InChI is InChI=1S/C21H22FN5O2/c22-12-3-5-17-13(9-12)16-2-1-7-27(16)20(24)14-8-11(10-25-19(14)23)21(28)26-15-4-6-18(15)29-17/h3,5,8-10,15-16,18,24H,1-2,4,6-7H2,(H2,23,25)(H,26,28)/t15?,16-,18?/m1/s1. The van der Waals surface area contributed by atoms with Crippen LogP contribution >= 0.6 is 0 Å². The normalized spacial score (nSPS) is 25.8. The molecule has 3 heterocycles. The summed E-state index contributed by atoms with van der Waals surface area (Å²) in [5.74, 6) is 0.393. The number of anilines is 1. The molecule has 29 heavy (non-hydrogen) atoms. The van der Waals surface area contributed by atoms with E-state index in [0.717, 1.165) is 31.2 Å². The molecule has 1 amide bonds. The Morgan fingerprint density at radius 1 is 1.28 bits per heavy atom. The van der Waals surface area contributed by atoms with E-state index in [2.05, 4.69) is 10.3 Å². The van der Waals surface area contributed by atoms with Crippen LogP contribution in [0, 0.1) is 11.2 Å². The van der Waals surface area contributed by atoms with Crippen molar-refractivity contribution in [3.63, 3.8) is 0 Å². The van der Waals surface area contributed by atoms with E-state index in [-0.39, 0.29) is 41.6 Å². The van der Waals surface area contributed by atoms with E-state index < -0.39 is 0 Å². The van der Waals surface area contributed by atoms with Gasteiger partial charge in [0.15, 0.2) is 0 Å². The molecule has 0 radical (unpaired) electrons. The minimum absolute atomic E-state index is 0.124. The van der Waals surface area contributed by atoms with Crippen molar-refractivity contribution in [2.45, 2.75) is 43.9 Å². The Hall–Kier alpha value is -3.16. The molecule has 7 nitrogen and oxygen atoms in total. The third kappa shape index (κ3) is 2.99. The lowest BCUT2D eigenvalue weighted by molar-refractivity contribution is 0.0593. The Labute approximate surface area is 167 Å². The van der Waals surface area contributed by atoms with Crippen molar-refractivity contribution in [3.05, 3.63) is 53.0 Å². The zero-order valence-corrected chi connectivity index (χ0v) is 15.8. The molecule has 3 aliphatic rings. The highest BCUT2D eigenvalue weighted by atomic mass is 19.1.